The molecule has 0 bridgehead atoms. The zero-order valence-corrected chi connectivity index (χ0v) is 27.4. The third-order valence-electron chi connectivity index (χ3n) is 9.79. The van der Waals surface area contributed by atoms with Gasteiger partial charge in [-0.05, 0) is 52.3 Å². The molecular weight excluding hydrogens is 643 g/mol. The Hall–Kier alpha value is -5.28. The summed E-state index contributed by atoms with van der Waals surface area (Å²) in [6, 6.07) is 8.38. The molecule has 3 aliphatic carbocycles. The molecule has 0 unspecified atom stereocenters. The number of likely N-dealkylation sites (N-methyl/N-ethyl adjacent to an activating group) is 2. The molecule has 3 amide bonds. The molecule has 1 saturated carbocycles. The predicted octanol–water partition coefficient (Wildman–Crippen LogP) is 2.09. The first-order valence-corrected chi connectivity index (χ1v) is 15.3. The van der Waals surface area contributed by atoms with Crippen LogP contribution in [0.5, 0.6) is 5.75 Å². The molecule has 260 valence electrons. The molecule has 7 N–H and O–H groups in total. The Labute approximate surface area is 280 Å². The standard InChI is InChI=1S/C34H37FN4O10/c1-33(2,39(5)32(47)49-14-15-9-7-6-8-10-15)31(46)37-20-13-19(35)17-11-16-12-18-24(38(3)4)27(42)23(30(36)45)29(44)34(18,48)28(43)21(16)26(41)22(17)25(20)40/h6-10,13,16,18,24,40-41,44,48H,11-12,14H2,1-5H3,(H2,36,45)(H,37,46)/t16-,18-,24-,34-/m0/s1. The molecular formula is C34H37FN4O10. The zero-order chi connectivity index (χ0) is 36.3. The number of amides is 3. The van der Waals surface area contributed by atoms with Crippen molar-refractivity contribution in [2.45, 2.75) is 50.5 Å². The third kappa shape index (κ3) is 5.48. The van der Waals surface area contributed by atoms with Gasteiger partial charge in [-0.3, -0.25) is 29.0 Å². The highest BCUT2D eigenvalue weighted by Gasteiger charge is 2.64. The Balaban J connectivity index is 1.49. The number of phenols is 1. The number of anilines is 1. The largest absolute Gasteiger partial charge is 0.508 e. The number of nitrogens with one attached hydrogen (secondary N) is 1. The Morgan fingerprint density at radius 2 is 1.73 bits per heavy atom. The fourth-order valence-electron chi connectivity index (χ4n) is 6.83. The number of benzene rings is 2. The number of aromatic hydroxyl groups is 1. The topological polar surface area (TPSA) is 220 Å². The van der Waals surface area contributed by atoms with Crippen LogP contribution in [0.25, 0.3) is 5.76 Å². The maximum absolute atomic E-state index is 15.7. The van der Waals surface area contributed by atoms with Crippen LogP contribution >= 0.6 is 0 Å². The number of carbonyl (C=O) groups excluding carboxylic acids is 5. The van der Waals surface area contributed by atoms with Gasteiger partial charge in [0.05, 0.1) is 17.3 Å². The molecule has 5 rings (SSSR count). The van der Waals surface area contributed by atoms with Crippen molar-refractivity contribution >= 4 is 40.9 Å². The molecule has 2 aromatic carbocycles. The minimum absolute atomic E-state index is 0.0639. The van der Waals surface area contributed by atoms with Gasteiger partial charge in [0.15, 0.2) is 17.1 Å². The molecule has 0 aliphatic heterocycles. The first kappa shape index (κ1) is 35.0. The number of nitrogens with two attached hydrogens (primary N) is 1. The lowest BCUT2D eigenvalue weighted by Gasteiger charge is -2.50. The predicted molar refractivity (Wildman–Crippen MR) is 171 cm³/mol. The van der Waals surface area contributed by atoms with E-state index in [-0.39, 0.29) is 25.0 Å². The second kappa shape index (κ2) is 12.3. The highest BCUT2D eigenvalue weighted by atomic mass is 19.1. The molecule has 0 spiro atoms. The number of ether oxygens (including phenoxy) is 1. The van der Waals surface area contributed by atoms with Gasteiger partial charge in [-0.1, -0.05) is 30.3 Å². The summed E-state index contributed by atoms with van der Waals surface area (Å²) in [5.41, 5.74) is -1.12. The fraction of sp³-hybridized carbons (Fsp3) is 0.382. The summed E-state index contributed by atoms with van der Waals surface area (Å²) in [6.07, 6.45) is -1.34. The van der Waals surface area contributed by atoms with E-state index in [1.807, 2.05) is 0 Å². The molecule has 49 heavy (non-hydrogen) atoms. The van der Waals surface area contributed by atoms with Crippen molar-refractivity contribution in [2.24, 2.45) is 17.6 Å². The van der Waals surface area contributed by atoms with Gasteiger partial charge in [0.1, 0.15) is 35.1 Å². The molecule has 0 aromatic heterocycles. The zero-order valence-electron chi connectivity index (χ0n) is 27.4. The lowest BCUT2D eigenvalue weighted by molar-refractivity contribution is -0.153. The number of halogens is 1. The van der Waals surface area contributed by atoms with Gasteiger partial charge >= 0.3 is 6.09 Å². The van der Waals surface area contributed by atoms with Crippen LogP contribution in [0, 0.1) is 17.7 Å². The lowest BCUT2D eigenvalue weighted by atomic mass is 9.57. The van der Waals surface area contributed by atoms with E-state index < -0.39 is 104 Å². The van der Waals surface area contributed by atoms with E-state index in [4.69, 9.17) is 10.5 Å². The highest BCUT2D eigenvalue weighted by Crippen LogP contribution is 2.53. The van der Waals surface area contributed by atoms with Crippen molar-refractivity contribution in [1.29, 1.82) is 0 Å². The molecule has 0 saturated heterocycles. The number of hydrogen-bond donors (Lipinski definition) is 6. The number of rotatable bonds is 7. The summed E-state index contributed by atoms with van der Waals surface area (Å²) in [5.74, 6) is -10.7. The average molecular weight is 681 g/mol. The number of phenolic OH excluding ortho intramolecular Hbond substituents is 1. The fourth-order valence-corrected chi connectivity index (χ4v) is 6.83. The van der Waals surface area contributed by atoms with E-state index in [0.717, 1.165) is 11.0 Å². The number of Topliss-reactive ketones (excluding diaryl/α,β-unsaturated/α-hetero) is 2. The van der Waals surface area contributed by atoms with Crippen LogP contribution in [-0.4, -0.2) is 98.0 Å². The average Bonchev–Trinajstić information content (AvgIpc) is 3.03. The molecule has 1 fully saturated rings. The molecule has 0 heterocycles. The van der Waals surface area contributed by atoms with Gasteiger partial charge in [0, 0.05) is 30.2 Å². The first-order chi connectivity index (χ1) is 22.8. The highest BCUT2D eigenvalue weighted by molar-refractivity contribution is 6.24. The Morgan fingerprint density at radius 3 is 2.33 bits per heavy atom. The number of ketones is 2. The molecule has 2 aromatic rings. The summed E-state index contributed by atoms with van der Waals surface area (Å²) in [5, 5.41) is 47.8. The second-order valence-corrected chi connectivity index (χ2v) is 13.2. The first-order valence-electron chi connectivity index (χ1n) is 15.3. The SMILES string of the molecule is CN(C)[C@@H]1C(=O)C(C(N)=O)=C(O)[C@@]2(O)C(=O)C3=C(O)c4c(O)c(NC(=O)C(C)(C)N(C)C(=O)OCc5ccccc5)cc(F)c4C[C@H]3C[C@@H]12. The Kier molecular flexibility index (Phi) is 8.80. The summed E-state index contributed by atoms with van der Waals surface area (Å²) in [6.45, 7) is 2.71. The van der Waals surface area contributed by atoms with Crippen LogP contribution in [0.3, 0.4) is 0 Å². The van der Waals surface area contributed by atoms with E-state index in [1.54, 1.807) is 30.3 Å². The van der Waals surface area contributed by atoms with Gasteiger partial charge < -0.3 is 36.2 Å². The molecule has 15 heteroatoms. The van der Waals surface area contributed by atoms with E-state index >= 15 is 4.39 Å². The number of aliphatic hydroxyl groups is 3. The van der Waals surface area contributed by atoms with Gasteiger partial charge in [-0.25, -0.2) is 9.18 Å². The van der Waals surface area contributed by atoms with Crippen LogP contribution < -0.4 is 11.1 Å². The van der Waals surface area contributed by atoms with Crippen LogP contribution in [0.1, 0.15) is 37.0 Å². The van der Waals surface area contributed by atoms with Crippen LogP contribution in [0.2, 0.25) is 0 Å². The molecule has 0 radical (unpaired) electrons. The number of carbonyl (C=O) groups is 5. The second-order valence-electron chi connectivity index (χ2n) is 13.2. The normalized spacial score (nSPS) is 23.5. The maximum atomic E-state index is 15.7. The van der Waals surface area contributed by atoms with Crippen molar-refractivity contribution in [2.75, 3.05) is 26.5 Å². The minimum atomic E-state index is -2.87. The van der Waals surface area contributed by atoms with Gasteiger partial charge in [-0.15, -0.1) is 0 Å². The van der Waals surface area contributed by atoms with Crippen molar-refractivity contribution in [3.8, 4) is 5.75 Å². The van der Waals surface area contributed by atoms with E-state index in [0.29, 0.717) is 5.56 Å². The maximum Gasteiger partial charge on any atom is 0.410 e. The molecule has 14 nitrogen and oxygen atoms in total. The van der Waals surface area contributed by atoms with E-state index in [1.165, 1.54) is 39.9 Å². The third-order valence-corrected chi connectivity index (χ3v) is 9.79. The Morgan fingerprint density at radius 1 is 1.10 bits per heavy atom. The van der Waals surface area contributed by atoms with Gasteiger partial charge in [0.2, 0.25) is 11.7 Å². The van der Waals surface area contributed by atoms with Gasteiger partial charge in [0.25, 0.3) is 5.91 Å². The van der Waals surface area contributed by atoms with Crippen molar-refractivity contribution in [3.63, 3.8) is 0 Å². The monoisotopic (exact) mass is 680 g/mol. The number of aliphatic hydroxyl groups excluding tert-OH is 2. The van der Waals surface area contributed by atoms with Crippen LogP contribution in [0.15, 0.2) is 53.3 Å². The smallest absolute Gasteiger partial charge is 0.410 e. The quantitative estimate of drug-likeness (QED) is 0.184. The van der Waals surface area contributed by atoms with E-state index in [2.05, 4.69) is 5.32 Å². The summed E-state index contributed by atoms with van der Waals surface area (Å²) in [7, 11) is 4.25. The molecule has 3 aliphatic rings. The van der Waals surface area contributed by atoms with Crippen molar-refractivity contribution in [1.82, 2.24) is 9.80 Å². The summed E-state index contributed by atoms with van der Waals surface area (Å²) in [4.78, 5) is 68.0. The number of primary amides is 1. The minimum Gasteiger partial charge on any atom is -0.508 e. The van der Waals surface area contributed by atoms with Crippen molar-refractivity contribution < 1.29 is 53.5 Å². The lowest BCUT2D eigenvalue weighted by Crippen LogP contribution is -2.65. The number of hydrogen-bond acceptors (Lipinski definition) is 11. The van der Waals surface area contributed by atoms with Crippen LogP contribution in [-0.2, 0) is 36.9 Å². The van der Waals surface area contributed by atoms with Gasteiger partial charge in [-0.2, -0.15) is 0 Å². The number of fused-ring (bicyclic) bond motifs is 3. The summed E-state index contributed by atoms with van der Waals surface area (Å²) >= 11 is 0. The number of nitrogens with zero attached hydrogens (tertiary/aromatic N) is 2. The summed E-state index contributed by atoms with van der Waals surface area (Å²) < 4.78 is 21.0. The van der Waals surface area contributed by atoms with Crippen molar-refractivity contribution in [3.05, 3.63) is 75.8 Å². The van der Waals surface area contributed by atoms with E-state index in [9.17, 15) is 44.4 Å². The van der Waals surface area contributed by atoms with Crippen LogP contribution in [0.4, 0.5) is 14.9 Å². The molecule has 4 atom stereocenters. The Bertz CT molecular complexity index is 1850.